The summed E-state index contributed by atoms with van der Waals surface area (Å²) < 4.78 is 13.6. The normalized spacial score (nSPS) is 17.3. The first-order valence-corrected chi connectivity index (χ1v) is 9.15. The predicted molar refractivity (Wildman–Crippen MR) is 95.7 cm³/mol. The van der Waals surface area contributed by atoms with Gasteiger partial charge in [0.25, 0.3) is 0 Å². The van der Waals surface area contributed by atoms with Crippen LogP contribution in [0.3, 0.4) is 0 Å². The molecule has 1 fully saturated rings. The molecule has 1 N–H and O–H groups in total. The minimum atomic E-state index is -0.561. The van der Waals surface area contributed by atoms with Crippen molar-refractivity contribution >= 4 is 17.2 Å². The molecule has 1 aromatic heterocycles. The van der Waals surface area contributed by atoms with Crippen LogP contribution in [-0.4, -0.2) is 31.4 Å². The Kier molecular flexibility index (Phi) is 5.01. The maximum Gasteiger partial charge on any atom is 0.230 e. The molecule has 0 saturated heterocycles. The minimum absolute atomic E-state index is 0.0164. The molecule has 1 heterocycles. The molecule has 0 aliphatic heterocycles. The van der Waals surface area contributed by atoms with Gasteiger partial charge >= 0.3 is 0 Å². The van der Waals surface area contributed by atoms with Gasteiger partial charge in [0.1, 0.15) is 5.82 Å². The molecule has 24 heavy (non-hydrogen) atoms. The van der Waals surface area contributed by atoms with E-state index in [0.29, 0.717) is 6.54 Å². The van der Waals surface area contributed by atoms with Crippen LogP contribution in [0.4, 0.5) is 4.39 Å². The number of benzene rings is 1. The van der Waals surface area contributed by atoms with E-state index in [2.05, 4.69) is 16.3 Å². The lowest BCUT2D eigenvalue weighted by atomic mass is 9.63. The summed E-state index contributed by atoms with van der Waals surface area (Å²) in [6, 6.07) is 10.7. The van der Waals surface area contributed by atoms with Crippen molar-refractivity contribution < 1.29 is 9.18 Å². The molecule has 1 amide bonds. The first-order chi connectivity index (χ1) is 11.5. The van der Waals surface area contributed by atoms with Gasteiger partial charge in [-0.05, 0) is 56.1 Å². The van der Waals surface area contributed by atoms with Gasteiger partial charge in [-0.3, -0.25) is 4.79 Å². The fourth-order valence-electron chi connectivity index (χ4n) is 3.34. The molecule has 0 spiro atoms. The zero-order valence-electron chi connectivity index (χ0n) is 14.1. The molecule has 3 rings (SSSR count). The second-order valence-electron chi connectivity index (χ2n) is 6.65. The number of hydrogen-bond acceptors (Lipinski definition) is 3. The number of likely N-dealkylation sites (N-methyl/N-ethyl adjacent to an activating group) is 1. The Morgan fingerprint density at radius 3 is 2.67 bits per heavy atom. The Bertz CT molecular complexity index is 695. The number of carbonyl (C=O) groups is 1. The van der Waals surface area contributed by atoms with Crippen molar-refractivity contribution in [3.63, 3.8) is 0 Å². The number of rotatable bonds is 6. The summed E-state index contributed by atoms with van der Waals surface area (Å²) in [5.74, 6) is -0.265. The average Bonchev–Trinajstić information content (AvgIpc) is 3.00. The highest BCUT2D eigenvalue weighted by Crippen LogP contribution is 2.44. The van der Waals surface area contributed by atoms with Crippen LogP contribution in [0.5, 0.6) is 0 Å². The van der Waals surface area contributed by atoms with Gasteiger partial charge in [-0.1, -0.05) is 24.6 Å². The fourth-order valence-corrected chi connectivity index (χ4v) is 4.26. The summed E-state index contributed by atoms with van der Waals surface area (Å²) in [6.45, 7) is 0.559. The SMILES string of the molecule is CN(C)C(CNC(=O)C1(c2cccc(F)c2)CCC1)c1cccs1. The third-order valence-corrected chi connectivity index (χ3v) is 5.94. The van der Waals surface area contributed by atoms with E-state index in [0.717, 1.165) is 24.8 Å². The van der Waals surface area contributed by atoms with E-state index < -0.39 is 5.41 Å². The molecule has 2 aromatic rings. The van der Waals surface area contributed by atoms with Crippen molar-refractivity contribution in [2.45, 2.75) is 30.7 Å². The van der Waals surface area contributed by atoms with E-state index in [9.17, 15) is 9.18 Å². The Hall–Kier alpha value is -1.72. The lowest BCUT2D eigenvalue weighted by Gasteiger charge is -2.41. The highest BCUT2D eigenvalue weighted by atomic mass is 32.1. The van der Waals surface area contributed by atoms with Crippen molar-refractivity contribution in [3.8, 4) is 0 Å². The Morgan fingerprint density at radius 2 is 2.12 bits per heavy atom. The van der Waals surface area contributed by atoms with Crippen molar-refractivity contribution in [2.75, 3.05) is 20.6 Å². The molecule has 1 atom stereocenters. The summed E-state index contributed by atoms with van der Waals surface area (Å²) in [6.07, 6.45) is 2.58. The maximum absolute atomic E-state index is 13.6. The number of carbonyl (C=O) groups excluding carboxylic acids is 1. The van der Waals surface area contributed by atoms with Crippen molar-refractivity contribution in [1.29, 1.82) is 0 Å². The van der Waals surface area contributed by atoms with E-state index >= 15 is 0 Å². The van der Waals surface area contributed by atoms with Crippen LogP contribution in [0.1, 0.15) is 35.7 Å². The molecule has 0 bridgehead atoms. The van der Waals surface area contributed by atoms with E-state index in [4.69, 9.17) is 0 Å². The van der Waals surface area contributed by atoms with Gasteiger partial charge < -0.3 is 10.2 Å². The van der Waals surface area contributed by atoms with Crippen molar-refractivity contribution in [3.05, 3.63) is 58.0 Å². The molecular formula is C19H23FN2OS. The van der Waals surface area contributed by atoms with Crippen molar-refractivity contribution in [1.82, 2.24) is 10.2 Å². The first-order valence-electron chi connectivity index (χ1n) is 8.27. The van der Waals surface area contributed by atoms with E-state index in [-0.39, 0.29) is 17.8 Å². The zero-order valence-corrected chi connectivity index (χ0v) is 14.9. The molecule has 0 radical (unpaired) electrons. The second kappa shape index (κ2) is 7.03. The van der Waals surface area contributed by atoms with Gasteiger partial charge in [-0.25, -0.2) is 4.39 Å². The van der Waals surface area contributed by atoms with Crippen LogP contribution in [0.2, 0.25) is 0 Å². The molecule has 1 unspecified atom stereocenters. The maximum atomic E-state index is 13.6. The molecule has 128 valence electrons. The molecule has 1 saturated carbocycles. The molecule has 1 aliphatic rings. The molecule has 1 aliphatic carbocycles. The van der Waals surface area contributed by atoms with Crippen LogP contribution in [0, 0.1) is 5.82 Å². The number of amides is 1. The summed E-state index contributed by atoms with van der Waals surface area (Å²) >= 11 is 1.69. The van der Waals surface area contributed by atoms with Gasteiger partial charge in [-0.15, -0.1) is 11.3 Å². The Balaban J connectivity index is 1.73. The summed E-state index contributed by atoms with van der Waals surface area (Å²) in [5, 5.41) is 5.17. The van der Waals surface area contributed by atoms with Gasteiger partial charge in [0, 0.05) is 11.4 Å². The van der Waals surface area contributed by atoms with Gasteiger partial charge in [0.2, 0.25) is 5.91 Å². The number of nitrogens with zero attached hydrogens (tertiary/aromatic N) is 1. The second-order valence-corrected chi connectivity index (χ2v) is 7.63. The number of thiophene rings is 1. The predicted octanol–water partition coefficient (Wildman–Crippen LogP) is 3.73. The fraction of sp³-hybridized carbons (Fsp3) is 0.421. The Labute approximate surface area is 146 Å². The minimum Gasteiger partial charge on any atom is -0.353 e. The molecule has 3 nitrogen and oxygen atoms in total. The van der Waals surface area contributed by atoms with E-state index in [1.165, 1.54) is 17.0 Å². The number of nitrogens with one attached hydrogen (secondary N) is 1. The van der Waals surface area contributed by atoms with Gasteiger partial charge in [0.15, 0.2) is 0 Å². The molecule has 1 aromatic carbocycles. The van der Waals surface area contributed by atoms with E-state index in [1.54, 1.807) is 17.4 Å². The van der Waals surface area contributed by atoms with Crippen molar-refractivity contribution in [2.24, 2.45) is 0 Å². The lowest BCUT2D eigenvalue weighted by molar-refractivity contribution is -0.130. The molecular weight excluding hydrogens is 323 g/mol. The summed E-state index contributed by atoms with van der Waals surface area (Å²) in [7, 11) is 4.03. The Morgan fingerprint density at radius 1 is 1.33 bits per heavy atom. The van der Waals surface area contributed by atoms with Gasteiger partial charge in [0.05, 0.1) is 11.5 Å². The standard InChI is InChI=1S/C19H23FN2OS/c1-22(2)16(17-8-4-11-24-17)13-21-18(23)19(9-5-10-19)14-6-3-7-15(20)12-14/h3-4,6-8,11-12,16H,5,9-10,13H2,1-2H3,(H,21,23). The summed E-state index contributed by atoms with van der Waals surface area (Å²) in [5.41, 5.74) is 0.234. The largest absolute Gasteiger partial charge is 0.353 e. The number of halogens is 1. The highest BCUT2D eigenvalue weighted by Gasteiger charge is 2.45. The van der Waals surface area contributed by atoms with Crippen LogP contribution >= 0.6 is 11.3 Å². The highest BCUT2D eigenvalue weighted by molar-refractivity contribution is 7.10. The summed E-state index contributed by atoms with van der Waals surface area (Å²) in [4.78, 5) is 16.3. The van der Waals surface area contributed by atoms with Crippen LogP contribution in [-0.2, 0) is 10.2 Å². The van der Waals surface area contributed by atoms with E-state index in [1.807, 2.05) is 31.6 Å². The van der Waals surface area contributed by atoms with Gasteiger partial charge in [-0.2, -0.15) is 0 Å². The quantitative estimate of drug-likeness (QED) is 0.864. The third kappa shape index (κ3) is 3.23. The lowest BCUT2D eigenvalue weighted by Crippen LogP contribution is -2.50. The number of hydrogen-bond donors (Lipinski definition) is 1. The smallest absolute Gasteiger partial charge is 0.230 e. The van der Waals surface area contributed by atoms with Crippen LogP contribution in [0.15, 0.2) is 41.8 Å². The first kappa shape index (κ1) is 17.1. The topological polar surface area (TPSA) is 32.3 Å². The monoisotopic (exact) mass is 346 g/mol. The van der Waals surface area contributed by atoms with Crippen LogP contribution in [0.25, 0.3) is 0 Å². The molecule has 5 heteroatoms. The van der Waals surface area contributed by atoms with Crippen LogP contribution < -0.4 is 5.32 Å². The third-order valence-electron chi connectivity index (χ3n) is 4.97. The zero-order chi connectivity index (χ0) is 17.2. The average molecular weight is 346 g/mol.